The van der Waals surface area contributed by atoms with E-state index in [2.05, 4.69) is 176 Å². The number of rotatable bonds is 4. The Labute approximate surface area is 285 Å². The predicted molar refractivity (Wildman–Crippen MR) is 206 cm³/mol. The van der Waals surface area contributed by atoms with Gasteiger partial charge in [0.2, 0.25) is 0 Å². The van der Waals surface area contributed by atoms with Crippen LogP contribution in [0.4, 0.5) is 17.1 Å². The van der Waals surface area contributed by atoms with Gasteiger partial charge >= 0.3 is 0 Å². The molecule has 2 heteroatoms. The lowest BCUT2D eigenvalue weighted by Gasteiger charge is -2.28. The Morgan fingerprint density at radius 3 is 2.08 bits per heavy atom. The first-order valence-corrected chi connectivity index (χ1v) is 17.0. The molecular weight excluding hydrogens is 595 g/mol. The smallest absolute Gasteiger partial charge is 0.137 e. The zero-order chi connectivity index (χ0) is 32.7. The van der Waals surface area contributed by atoms with Crippen molar-refractivity contribution in [3.63, 3.8) is 0 Å². The van der Waals surface area contributed by atoms with Crippen LogP contribution in [0.5, 0.6) is 0 Å². The lowest BCUT2D eigenvalue weighted by Crippen LogP contribution is -2.14. The second kappa shape index (κ2) is 10.4. The fraction of sp³-hybridized carbons (Fsp3) is 0.0638. The van der Waals surface area contributed by atoms with Gasteiger partial charge in [0.25, 0.3) is 0 Å². The SMILES string of the molecule is CC1(C)c2ccccc2-c2cc3ccc4c(N(c5cccc(-c6ccccc6)c5)c5cccc6oc7ccccc7c56)cccc4c3cc21. The van der Waals surface area contributed by atoms with E-state index in [1.54, 1.807) is 0 Å². The molecule has 0 saturated carbocycles. The largest absolute Gasteiger partial charge is 0.456 e. The van der Waals surface area contributed by atoms with Crippen molar-refractivity contribution in [2.45, 2.75) is 19.3 Å². The summed E-state index contributed by atoms with van der Waals surface area (Å²) >= 11 is 0. The molecule has 8 aromatic carbocycles. The first-order valence-electron chi connectivity index (χ1n) is 17.0. The minimum Gasteiger partial charge on any atom is -0.456 e. The maximum absolute atomic E-state index is 6.42. The first-order chi connectivity index (χ1) is 24.1. The van der Waals surface area contributed by atoms with Crippen LogP contribution in [0.25, 0.3) is 65.7 Å². The second-order valence-corrected chi connectivity index (χ2v) is 13.7. The monoisotopic (exact) mass is 627 g/mol. The highest BCUT2D eigenvalue weighted by Crippen LogP contribution is 2.51. The number of furan rings is 1. The normalized spacial score (nSPS) is 13.3. The summed E-state index contributed by atoms with van der Waals surface area (Å²) in [4.78, 5) is 2.43. The molecule has 1 aromatic heterocycles. The number of benzene rings is 8. The van der Waals surface area contributed by atoms with Gasteiger partial charge < -0.3 is 9.32 Å². The minimum absolute atomic E-state index is 0.0677. The average Bonchev–Trinajstić information content (AvgIpc) is 3.64. The van der Waals surface area contributed by atoms with Gasteiger partial charge in [-0.25, -0.2) is 0 Å². The van der Waals surface area contributed by atoms with Crippen LogP contribution in [0, 0.1) is 0 Å². The summed E-state index contributed by atoms with van der Waals surface area (Å²) in [6.07, 6.45) is 0. The van der Waals surface area contributed by atoms with Crippen LogP contribution in [-0.2, 0) is 5.41 Å². The molecule has 0 bridgehead atoms. The van der Waals surface area contributed by atoms with Crippen molar-refractivity contribution in [3.8, 4) is 22.3 Å². The number of fused-ring (bicyclic) bond motifs is 9. The van der Waals surface area contributed by atoms with Crippen molar-refractivity contribution < 1.29 is 4.42 Å². The minimum atomic E-state index is -0.0677. The molecule has 0 amide bonds. The maximum Gasteiger partial charge on any atom is 0.137 e. The molecule has 10 rings (SSSR count). The van der Waals surface area contributed by atoms with E-state index in [-0.39, 0.29) is 5.41 Å². The summed E-state index contributed by atoms with van der Waals surface area (Å²) in [7, 11) is 0. The summed E-state index contributed by atoms with van der Waals surface area (Å²) in [5.74, 6) is 0. The number of nitrogens with zero attached hydrogens (tertiary/aromatic N) is 1. The fourth-order valence-electron chi connectivity index (χ4n) is 8.27. The van der Waals surface area contributed by atoms with Gasteiger partial charge in [-0.05, 0) is 98.1 Å². The van der Waals surface area contributed by atoms with E-state index < -0.39 is 0 Å². The maximum atomic E-state index is 6.42. The van der Waals surface area contributed by atoms with Crippen molar-refractivity contribution in [1.82, 2.24) is 0 Å². The standard InChI is InChI=1S/C47H33NO/c1-47(2)40-20-8-6-17-35(40)39-28-32-25-26-36-34(38(32)29-41(39)47)19-11-21-42(36)48(33-16-10-15-31(27-33)30-13-4-3-5-14-30)43-22-12-24-45-46(43)37-18-7-9-23-44(37)49-45/h3-29H,1-2H3. The predicted octanol–water partition coefficient (Wildman–Crippen LogP) is 13.3. The number of hydrogen-bond acceptors (Lipinski definition) is 2. The quantitative estimate of drug-likeness (QED) is 0.181. The lowest BCUT2D eigenvalue weighted by atomic mass is 9.81. The van der Waals surface area contributed by atoms with Gasteiger partial charge in [0.1, 0.15) is 11.2 Å². The van der Waals surface area contributed by atoms with Gasteiger partial charge in [-0.3, -0.25) is 0 Å². The molecule has 0 atom stereocenters. The van der Waals surface area contributed by atoms with Gasteiger partial charge in [0.15, 0.2) is 0 Å². The fourth-order valence-corrected chi connectivity index (χ4v) is 8.27. The average molecular weight is 628 g/mol. The lowest BCUT2D eigenvalue weighted by molar-refractivity contribution is 0.661. The highest BCUT2D eigenvalue weighted by molar-refractivity contribution is 6.17. The van der Waals surface area contributed by atoms with Crippen molar-refractivity contribution in [2.75, 3.05) is 4.90 Å². The second-order valence-electron chi connectivity index (χ2n) is 13.7. The molecule has 0 N–H and O–H groups in total. The Bertz CT molecular complexity index is 2750. The van der Waals surface area contributed by atoms with Gasteiger partial charge in [-0.1, -0.05) is 129 Å². The molecule has 9 aromatic rings. The van der Waals surface area contributed by atoms with Crippen LogP contribution in [0.3, 0.4) is 0 Å². The third kappa shape index (κ3) is 4.14. The van der Waals surface area contributed by atoms with E-state index >= 15 is 0 Å². The Morgan fingerprint density at radius 1 is 0.449 bits per heavy atom. The summed E-state index contributed by atoms with van der Waals surface area (Å²) in [6, 6.07) is 59.4. The molecular formula is C47H33NO. The summed E-state index contributed by atoms with van der Waals surface area (Å²) < 4.78 is 6.42. The molecule has 1 aliphatic carbocycles. The van der Waals surface area contributed by atoms with E-state index in [0.717, 1.165) is 39.0 Å². The Hall–Kier alpha value is -6.12. The number of para-hydroxylation sites is 1. The summed E-state index contributed by atoms with van der Waals surface area (Å²) in [5.41, 5.74) is 12.9. The van der Waals surface area contributed by atoms with Gasteiger partial charge in [-0.15, -0.1) is 0 Å². The third-order valence-corrected chi connectivity index (χ3v) is 10.6. The van der Waals surface area contributed by atoms with Crippen LogP contribution in [-0.4, -0.2) is 0 Å². The van der Waals surface area contributed by atoms with Crippen LogP contribution >= 0.6 is 0 Å². The summed E-state index contributed by atoms with van der Waals surface area (Å²) in [6.45, 7) is 4.72. The molecule has 0 spiro atoms. The van der Waals surface area contributed by atoms with Gasteiger partial charge in [-0.2, -0.15) is 0 Å². The Kier molecular flexibility index (Phi) is 5.95. The van der Waals surface area contributed by atoms with Crippen molar-refractivity contribution in [1.29, 1.82) is 0 Å². The van der Waals surface area contributed by atoms with E-state index in [4.69, 9.17) is 4.42 Å². The van der Waals surface area contributed by atoms with Crippen LogP contribution in [0.2, 0.25) is 0 Å². The van der Waals surface area contributed by atoms with E-state index in [9.17, 15) is 0 Å². The molecule has 232 valence electrons. The van der Waals surface area contributed by atoms with Crippen LogP contribution in [0.1, 0.15) is 25.0 Å². The van der Waals surface area contributed by atoms with E-state index in [1.807, 2.05) is 6.07 Å². The van der Waals surface area contributed by atoms with Gasteiger partial charge in [0.05, 0.1) is 16.8 Å². The van der Waals surface area contributed by atoms with E-state index in [1.165, 1.54) is 54.9 Å². The molecule has 0 saturated heterocycles. The Morgan fingerprint density at radius 2 is 1.16 bits per heavy atom. The van der Waals surface area contributed by atoms with Crippen molar-refractivity contribution in [3.05, 3.63) is 175 Å². The first kappa shape index (κ1) is 27.9. The molecule has 49 heavy (non-hydrogen) atoms. The van der Waals surface area contributed by atoms with Crippen LogP contribution < -0.4 is 4.90 Å². The topological polar surface area (TPSA) is 16.4 Å². The third-order valence-electron chi connectivity index (χ3n) is 10.6. The van der Waals surface area contributed by atoms with E-state index in [0.29, 0.717) is 0 Å². The molecule has 1 heterocycles. The number of hydrogen-bond donors (Lipinski definition) is 0. The number of anilines is 3. The highest BCUT2D eigenvalue weighted by Gasteiger charge is 2.35. The zero-order valence-corrected chi connectivity index (χ0v) is 27.4. The molecule has 0 radical (unpaired) electrons. The van der Waals surface area contributed by atoms with Crippen molar-refractivity contribution >= 4 is 60.5 Å². The molecule has 0 aliphatic heterocycles. The van der Waals surface area contributed by atoms with Crippen LogP contribution in [0.15, 0.2) is 168 Å². The molecule has 2 nitrogen and oxygen atoms in total. The molecule has 1 aliphatic rings. The van der Waals surface area contributed by atoms with Gasteiger partial charge in [0, 0.05) is 21.9 Å². The summed E-state index contributed by atoms with van der Waals surface area (Å²) in [5, 5.41) is 7.22. The molecule has 0 unspecified atom stereocenters. The van der Waals surface area contributed by atoms with Crippen molar-refractivity contribution in [2.24, 2.45) is 0 Å². The highest BCUT2D eigenvalue weighted by atomic mass is 16.3. The zero-order valence-electron chi connectivity index (χ0n) is 27.4. The Balaban J connectivity index is 1.26. The molecule has 0 fully saturated rings.